The van der Waals surface area contributed by atoms with Gasteiger partial charge in [-0.2, -0.15) is 0 Å². The molecule has 14 heteroatoms. The average molecular weight is 599 g/mol. The van der Waals surface area contributed by atoms with Gasteiger partial charge in [0, 0.05) is 37.5 Å². The second-order valence-electron chi connectivity index (χ2n) is 10.8. The highest BCUT2D eigenvalue weighted by atomic mass is 32.2. The Labute approximate surface area is 244 Å². The van der Waals surface area contributed by atoms with Gasteiger partial charge in [0.2, 0.25) is 23.6 Å². The number of carbonyl (C=O) groups excluding carboxylic acids is 7. The highest BCUT2D eigenvalue weighted by molar-refractivity contribution is 8.01. The first-order chi connectivity index (χ1) is 19.2. The van der Waals surface area contributed by atoms with Crippen molar-refractivity contribution in [3.63, 3.8) is 0 Å². The standard InChI is InChI=1S/C27H42N4O9S/c1-15(2)18(32)14-41-21(25(36)29-8-10-40-20-12-24(35)31(17(5)6)27(20)38)13-22(33)28-7-9-39-19-11-23(34)30(16(3)4)26(19)37/h15-17,19-21H,7-14H2,1-6H3,(H,28,33)(H,29,36). The van der Waals surface area contributed by atoms with E-state index in [0.717, 1.165) is 16.7 Å². The Morgan fingerprint density at radius 1 is 0.805 bits per heavy atom. The Hall–Kier alpha value is -2.84. The number of likely N-dealkylation sites (tertiary alicyclic amines) is 2. The number of thioether (sulfide) groups is 1. The van der Waals surface area contributed by atoms with Crippen LogP contribution in [0.4, 0.5) is 0 Å². The molecule has 0 aromatic carbocycles. The molecule has 13 nitrogen and oxygen atoms in total. The molecule has 2 aliphatic rings. The molecular weight excluding hydrogens is 556 g/mol. The van der Waals surface area contributed by atoms with Crippen LogP contribution in [0.1, 0.15) is 60.8 Å². The van der Waals surface area contributed by atoms with Gasteiger partial charge in [0.25, 0.3) is 11.8 Å². The lowest BCUT2D eigenvalue weighted by molar-refractivity contribution is -0.145. The minimum atomic E-state index is -0.894. The van der Waals surface area contributed by atoms with Crippen LogP contribution in [0.25, 0.3) is 0 Å². The van der Waals surface area contributed by atoms with Crippen LogP contribution in [0.2, 0.25) is 0 Å². The van der Waals surface area contributed by atoms with Gasteiger partial charge < -0.3 is 20.1 Å². The second kappa shape index (κ2) is 16.0. The Morgan fingerprint density at radius 2 is 1.27 bits per heavy atom. The number of nitrogens with zero attached hydrogens (tertiary/aromatic N) is 2. The molecule has 2 saturated heterocycles. The zero-order valence-corrected chi connectivity index (χ0v) is 25.4. The van der Waals surface area contributed by atoms with Crippen molar-refractivity contribution in [2.75, 3.05) is 32.1 Å². The van der Waals surface area contributed by atoms with Crippen molar-refractivity contribution in [3.8, 4) is 0 Å². The van der Waals surface area contributed by atoms with Gasteiger partial charge in [0.15, 0.2) is 0 Å². The number of ether oxygens (including phenoxy) is 2. The Balaban J connectivity index is 1.81. The first-order valence-corrected chi connectivity index (χ1v) is 14.9. The molecule has 230 valence electrons. The lowest BCUT2D eigenvalue weighted by Crippen LogP contribution is -2.41. The maximum Gasteiger partial charge on any atom is 0.259 e. The van der Waals surface area contributed by atoms with Crippen molar-refractivity contribution < 1.29 is 43.0 Å². The predicted octanol–water partition coefficient (Wildman–Crippen LogP) is 0.0408. The third kappa shape index (κ3) is 9.89. The first-order valence-electron chi connectivity index (χ1n) is 13.9. The van der Waals surface area contributed by atoms with Crippen molar-refractivity contribution in [2.24, 2.45) is 5.92 Å². The van der Waals surface area contributed by atoms with Crippen LogP contribution in [0, 0.1) is 5.92 Å². The number of Topliss-reactive ketones (excluding diaryl/α,β-unsaturated/α-hetero) is 1. The lowest BCUT2D eigenvalue weighted by atomic mass is 10.1. The monoisotopic (exact) mass is 598 g/mol. The SMILES string of the molecule is CC(C)C(=O)CSC(CC(=O)NCCOC1CC(=O)N(C(C)C)C1=O)C(=O)NCCOC1CC(=O)N(C(C)C)C1=O. The van der Waals surface area contributed by atoms with Gasteiger partial charge in [-0.3, -0.25) is 43.4 Å². The van der Waals surface area contributed by atoms with Gasteiger partial charge in [-0.15, -0.1) is 11.8 Å². The molecule has 41 heavy (non-hydrogen) atoms. The van der Waals surface area contributed by atoms with Gasteiger partial charge in [-0.25, -0.2) is 0 Å². The minimum Gasteiger partial charge on any atom is -0.366 e. The second-order valence-corrected chi connectivity index (χ2v) is 12.0. The van der Waals surface area contributed by atoms with E-state index in [4.69, 9.17) is 9.47 Å². The van der Waals surface area contributed by atoms with E-state index in [9.17, 15) is 33.6 Å². The number of rotatable bonds is 17. The molecule has 0 aromatic rings. The summed E-state index contributed by atoms with van der Waals surface area (Å²) in [6.45, 7) is 10.6. The zero-order valence-electron chi connectivity index (χ0n) is 24.6. The number of imide groups is 2. The zero-order chi connectivity index (χ0) is 30.9. The molecule has 0 aliphatic carbocycles. The summed E-state index contributed by atoms with van der Waals surface area (Å²) < 4.78 is 11.0. The molecule has 3 atom stereocenters. The van der Waals surface area contributed by atoms with E-state index in [1.165, 1.54) is 4.90 Å². The van der Waals surface area contributed by atoms with E-state index < -0.39 is 41.1 Å². The summed E-state index contributed by atoms with van der Waals surface area (Å²) in [7, 11) is 0. The van der Waals surface area contributed by atoms with Crippen LogP contribution in [-0.2, 0) is 43.0 Å². The molecule has 0 aromatic heterocycles. The Kier molecular flexibility index (Phi) is 13.4. The number of hydrogen-bond donors (Lipinski definition) is 2. The fraction of sp³-hybridized carbons (Fsp3) is 0.741. The minimum absolute atomic E-state index is 0.00513. The summed E-state index contributed by atoms with van der Waals surface area (Å²) in [5, 5.41) is 4.44. The summed E-state index contributed by atoms with van der Waals surface area (Å²) in [5.74, 6) is -2.55. The van der Waals surface area contributed by atoms with E-state index in [1.807, 2.05) is 0 Å². The Morgan fingerprint density at radius 3 is 1.68 bits per heavy atom. The topological polar surface area (TPSA) is 168 Å². The van der Waals surface area contributed by atoms with E-state index >= 15 is 0 Å². The van der Waals surface area contributed by atoms with Crippen LogP contribution >= 0.6 is 11.8 Å². The van der Waals surface area contributed by atoms with Crippen LogP contribution in [0.5, 0.6) is 0 Å². The first kappa shape index (κ1) is 34.4. The number of carbonyl (C=O) groups is 7. The smallest absolute Gasteiger partial charge is 0.259 e. The molecule has 0 saturated carbocycles. The third-order valence-corrected chi connectivity index (χ3v) is 7.75. The summed E-state index contributed by atoms with van der Waals surface area (Å²) >= 11 is 1.06. The molecule has 2 fully saturated rings. The molecule has 2 N–H and O–H groups in total. The number of nitrogens with one attached hydrogen (secondary N) is 2. The van der Waals surface area contributed by atoms with Crippen molar-refractivity contribution in [3.05, 3.63) is 0 Å². The molecule has 2 rings (SSSR count). The van der Waals surface area contributed by atoms with Crippen molar-refractivity contribution in [2.45, 2.75) is 90.3 Å². The lowest BCUT2D eigenvalue weighted by Gasteiger charge is -2.19. The predicted molar refractivity (Wildman–Crippen MR) is 149 cm³/mol. The van der Waals surface area contributed by atoms with E-state index in [0.29, 0.717) is 0 Å². The summed E-state index contributed by atoms with van der Waals surface area (Å²) in [6.07, 6.45) is -2.07. The number of hydrogen-bond acceptors (Lipinski definition) is 10. The maximum absolute atomic E-state index is 12.9. The molecule has 0 radical (unpaired) electrons. The van der Waals surface area contributed by atoms with Gasteiger partial charge in [-0.05, 0) is 27.7 Å². The fourth-order valence-corrected chi connectivity index (χ4v) is 5.49. The van der Waals surface area contributed by atoms with Gasteiger partial charge in [0.1, 0.15) is 18.0 Å². The molecule has 2 aliphatic heterocycles. The van der Waals surface area contributed by atoms with E-state index in [1.54, 1.807) is 41.5 Å². The molecule has 3 unspecified atom stereocenters. The Bertz CT molecular complexity index is 1020. The summed E-state index contributed by atoms with van der Waals surface area (Å²) in [6, 6.07) is -0.528. The highest BCUT2D eigenvalue weighted by Crippen LogP contribution is 2.20. The van der Waals surface area contributed by atoms with Crippen molar-refractivity contribution in [1.29, 1.82) is 0 Å². The quantitative estimate of drug-likeness (QED) is 0.172. The fourth-order valence-electron chi connectivity index (χ4n) is 4.29. The van der Waals surface area contributed by atoms with Crippen LogP contribution in [0.15, 0.2) is 0 Å². The average Bonchev–Trinajstić information content (AvgIpc) is 3.34. The van der Waals surface area contributed by atoms with Gasteiger partial charge in [-0.1, -0.05) is 13.8 Å². The van der Waals surface area contributed by atoms with Crippen molar-refractivity contribution >= 4 is 53.0 Å². The molecule has 0 bridgehead atoms. The van der Waals surface area contributed by atoms with Crippen LogP contribution < -0.4 is 10.6 Å². The van der Waals surface area contributed by atoms with Crippen LogP contribution in [-0.4, -0.2) is 113 Å². The summed E-state index contributed by atoms with van der Waals surface area (Å²) in [4.78, 5) is 88.6. The maximum atomic E-state index is 12.9. The number of amides is 6. The highest BCUT2D eigenvalue weighted by Gasteiger charge is 2.41. The van der Waals surface area contributed by atoms with E-state index in [-0.39, 0.29) is 86.9 Å². The van der Waals surface area contributed by atoms with E-state index in [2.05, 4.69) is 10.6 Å². The summed E-state index contributed by atoms with van der Waals surface area (Å²) in [5.41, 5.74) is 0. The molecule has 6 amide bonds. The van der Waals surface area contributed by atoms with Gasteiger partial charge in [0.05, 0.1) is 37.1 Å². The van der Waals surface area contributed by atoms with Crippen molar-refractivity contribution in [1.82, 2.24) is 20.4 Å². The third-order valence-electron chi connectivity index (χ3n) is 6.51. The largest absolute Gasteiger partial charge is 0.366 e. The molecule has 2 heterocycles. The number of ketones is 1. The normalized spacial score (nSPS) is 20.1. The van der Waals surface area contributed by atoms with Crippen LogP contribution in [0.3, 0.4) is 0 Å². The molecule has 0 spiro atoms. The molecular formula is C27H42N4O9S. The van der Waals surface area contributed by atoms with Gasteiger partial charge >= 0.3 is 0 Å².